The van der Waals surface area contributed by atoms with Gasteiger partial charge in [-0.15, -0.1) is 0 Å². The smallest absolute Gasteiger partial charge is 0.303 e. The van der Waals surface area contributed by atoms with E-state index in [4.69, 9.17) is 14.6 Å². The molecule has 0 spiro atoms. The number of rotatable bonds is 16. The number of carboxylic acids is 1. The van der Waals surface area contributed by atoms with Gasteiger partial charge in [-0.3, -0.25) is 4.79 Å². The molecule has 0 bridgehead atoms. The Kier molecular flexibility index (Phi) is 13.9. The second kappa shape index (κ2) is 16.4. The molecule has 1 heterocycles. The molecule has 1 aliphatic heterocycles. The molecule has 0 radical (unpaired) electrons. The van der Waals surface area contributed by atoms with Gasteiger partial charge < -0.3 is 19.7 Å². The number of aliphatic hydroxyl groups excluding tert-OH is 1. The second-order valence-corrected chi connectivity index (χ2v) is 9.49. The molecule has 0 aromatic rings. The monoisotopic (exact) mass is 450 g/mol. The van der Waals surface area contributed by atoms with E-state index in [0.29, 0.717) is 12.8 Å². The molecule has 1 saturated carbocycles. The van der Waals surface area contributed by atoms with Crippen LogP contribution in [0.1, 0.15) is 103 Å². The molecule has 0 aromatic carbocycles. The Balaban J connectivity index is 1.86. The van der Waals surface area contributed by atoms with E-state index >= 15 is 0 Å². The summed E-state index contributed by atoms with van der Waals surface area (Å²) in [5.41, 5.74) is 0. The summed E-state index contributed by atoms with van der Waals surface area (Å²) in [6.45, 7) is 3.01. The predicted octanol–water partition coefficient (Wildman–Crippen LogP) is 6.40. The summed E-state index contributed by atoms with van der Waals surface area (Å²) >= 11 is 0. The summed E-state index contributed by atoms with van der Waals surface area (Å²) in [4.78, 5) is 10.7. The molecular formula is C27H46O5. The van der Waals surface area contributed by atoms with E-state index < -0.39 is 5.97 Å². The highest BCUT2D eigenvalue weighted by Crippen LogP contribution is 2.39. The topological polar surface area (TPSA) is 76.0 Å². The van der Waals surface area contributed by atoms with Crippen molar-refractivity contribution in [1.29, 1.82) is 0 Å². The maximum Gasteiger partial charge on any atom is 0.303 e. The summed E-state index contributed by atoms with van der Waals surface area (Å²) < 4.78 is 12.1. The minimum Gasteiger partial charge on any atom is -0.481 e. The van der Waals surface area contributed by atoms with Crippen molar-refractivity contribution in [3.8, 4) is 0 Å². The highest BCUT2D eigenvalue weighted by atomic mass is 16.7. The van der Waals surface area contributed by atoms with Crippen molar-refractivity contribution in [3.05, 3.63) is 24.3 Å². The lowest BCUT2D eigenvalue weighted by atomic mass is 9.89. The minimum atomic E-state index is -0.745. The van der Waals surface area contributed by atoms with E-state index in [0.717, 1.165) is 45.1 Å². The van der Waals surface area contributed by atoms with Gasteiger partial charge in [0.25, 0.3) is 0 Å². The Bertz CT molecular complexity index is 552. The number of hydrogen-bond acceptors (Lipinski definition) is 4. The van der Waals surface area contributed by atoms with E-state index in [2.05, 4.69) is 31.2 Å². The molecule has 5 atom stereocenters. The Morgan fingerprint density at radius 3 is 2.56 bits per heavy atom. The number of allylic oxidation sites excluding steroid dienone is 3. The Morgan fingerprint density at radius 2 is 1.81 bits per heavy atom. The fourth-order valence-corrected chi connectivity index (χ4v) is 4.88. The first-order chi connectivity index (χ1) is 15.6. The molecule has 1 unspecified atom stereocenters. The first-order valence-electron chi connectivity index (χ1n) is 13.1. The molecule has 1 saturated heterocycles. The van der Waals surface area contributed by atoms with Crippen molar-refractivity contribution in [3.63, 3.8) is 0 Å². The molecular weight excluding hydrogens is 404 g/mol. The van der Waals surface area contributed by atoms with Crippen LogP contribution in [-0.4, -0.2) is 41.3 Å². The summed E-state index contributed by atoms with van der Waals surface area (Å²) in [6, 6.07) is 0. The Hall–Kier alpha value is -1.17. The maximum atomic E-state index is 10.8. The number of ether oxygens (including phenoxy) is 2. The molecule has 1 aliphatic carbocycles. The van der Waals surface area contributed by atoms with E-state index in [1.807, 2.05) is 0 Å². The van der Waals surface area contributed by atoms with Crippen LogP contribution in [0.4, 0.5) is 0 Å². The molecule has 0 aromatic heterocycles. The highest BCUT2D eigenvalue weighted by Gasteiger charge is 2.42. The third-order valence-corrected chi connectivity index (χ3v) is 6.78. The van der Waals surface area contributed by atoms with Crippen molar-refractivity contribution < 1.29 is 24.5 Å². The van der Waals surface area contributed by atoms with Crippen LogP contribution in [0.15, 0.2) is 24.3 Å². The quantitative estimate of drug-likeness (QED) is 0.210. The number of hydrogen-bond donors (Lipinski definition) is 2. The molecule has 2 rings (SSSR count). The van der Waals surface area contributed by atoms with Gasteiger partial charge in [0.15, 0.2) is 6.29 Å². The summed E-state index contributed by atoms with van der Waals surface area (Å²) in [5, 5.41) is 19.6. The number of carboxylic acid groups (broad SMARTS) is 1. The van der Waals surface area contributed by atoms with Gasteiger partial charge in [0, 0.05) is 25.4 Å². The van der Waals surface area contributed by atoms with Crippen LogP contribution in [0.5, 0.6) is 0 Å². The van der Waals surface area contributed by atoms with E-state index in [9.17, 15) is 9.90 Å². The molecule has 5 nitrogen and oxygen atoms in total. The van der Waals surface area contributed by atoms with Crippen molar-refractivity contribution in [2.24, 2.45) is 11.8 Å². The average Bonchev–Trinajstić information content (AvgIpc) is 3.07. The van der Waals surface area contributed by atoms with Crippen molar-refractivity contribution in [2.45, 2.75) is 122 Å². The minimum absolute atomic E-state index is 0.000635. The summed E-state index contributed by atoms with van der Waals surface area (Å²) in [6.07, 6.45) is 23.4. The standard InChI is InChI=1S/C27H46O5/c1-2-3-4-5-6-7-8-12-17-23-22(16-11-9-10-13-18-26(29)30)24(28)21-25(23)32-27-19-14-15-20-31-27/h9,11-12,17,22-25,27-28H,2-8,10,13-16,18-21H2,1H3,(H,29,30)/b11-9-,17-12+/t22-,23-,24+,25-,27?/m1/s1. The Labute approximate surface area is 195 Å². The number of aliphatic carboxylic acids is 1. The van der Waals surface area contributed by atoms with Crippen LogP contribution < -0.4 is 0 Å². The largest absolute Gasteiger partial charge is 0.481 e. The third kappa shape index (κ3) is 10.6. The zero-order chi connectivity index (χ0) is 23.0. The van der Waals surface area contributed by atoms with Crippen LogP contribution in [-0.2, 0) is 14.3 Å². The number of carbonyl (C=O) groups is 1. The molecule has 2 N–H and O–H groups in total. The van der Waals surface area contributed by atoms with Gasteiger partial charge in [0.1, 0.15) is 0 Å². The van der Waals surface area contributed by atoms with Crippen LogP contribution in [0.3, 0.4) is 0 Å². The SMILES string of the molecule is CCCCCCCC/C=C/[C@@H]1[C@@H](C/C=C\CCCC(=O)O)[C@@H](O)C[C@H]1OC1CCCCO1. The van der Waals surface area contributed by atoms with E-state index in [1.54, 1.807) is 0 Å². The lowest BCUT2D eigenvalue weighted by Crippen LogP contribution is -2.30. The molecule has 2 aliphatic rings. The normalized spacial score (nSPS) is 28.8. The Morgan fingerprint density at radius 1 is 1.03 bits per heavy atom. The first-order valence-corrected chi connectivity index (χ1v) is 13.1. The number of aliphatic hydroxyl groups is 1. The predicted molar refractivity (Wildman–Crippen MR) is 128 cm³/mol. The molecule has 0 amide bonds. The molecule has 2 fully saturated rings. The van der Waals surface area contributed by atoms with Gasteiger partial charge in [-0.25, -0.2) is 0 Å². The van der Waals surface area contributed by atoms with Gasteiger partial charge in [-0.2, -0.15) is 0 Å². The van der Waals surface area contributed by atoms with Gasteiger partial charge in [-0.05, 0) is 57.3 Å². The summed E-state index contributed by atoms with van der Waals surface area (Å²) in [5.74, 6) is -0.412. The maximum absolute atomic E-state index is 10.8. The third-order valence-electron chi connectivity index (χ3n) is 6.78. The van der Waals surface area contributed by atoms with Crippen LogP contribution in [0.25, 0.3) is 0 Å². The van der Waals surface area contributed by atoms with E-state index in [-0.39, 0.29) is 36.8 Å². The number of unbranched alkanes of at least 4 members (excludes halogenated alkanes) is 7. The van der Waals surface area contributed by atoms with Crippen LogP contribution in [0.2, 0.25) is 0 Å². The zero-order valence-corrected chi connectivity index (χ0v) is 20.1. The van der Waals surface area contributed by atoms with Gasteiger partial charge in [0.2, 0.25) is 0 Å². The lowest BCUT2D eigenvalue weighted by Gasteiger charge is -2.29. The average molecular weight is 451 g/mol. The van der Waals surface area contributed by atoms with Crippen molar-refractivity contribution in [1.82, 2.24) is 0 Å². The van der Waals surface area contributed by atoms with Crippen LogP contribution in [0, 0.1) is 11.8 Å². The first kappa shape index (κ1) is 27.1. The fourth-order valence-electron chi connectivity index (χ4n) is 4.88. The van der Waals surface area contributed by atoms with Gasteiger partial charge in [-0.1, -0.05) is 63.3 Å². The van der Waals surface area contributed by atoms with Crippen LogP contribution >= 0.6 is 0 Å². The summed E-state index contributed by atoms with van der Waals surface area (Å²) in [7, 11) is 0. The van der Waals surface area contributed by atoms with Crippen molar-refractivity contribution in [2.75, 3.05) is 6.61 Å². The van der Waals surface area contributed by atoms with Gasteiger partial charge >= 0.3 is 5.97 Å². The highest BCUT2D eigenvalue weighted by molar-refractivity contribution is 5.66. The zero-order valence-electron chi connectivity index (χ0n) is 20.1. The van der Waals surface area contributed by atoms with Crippen molar-refractivity contribution >= 4 is 5.97 Å². The second-order valence-electron chi connectivity index (χ2n) is 9.49. The lowest BCUT2D eigenvalue weighted by molar-refractivity contribution is -0.193. The fraction of sp³-hybridized carbons (Fsp3) is 0.815. The molecule has 184 valence electrons. The van der Waals surface area contributed by atoms with E-state index in [1.165, 1.54) is 38.5 Å². The molecule has 5 heteroatoms. The molecule has 32 heavy (non-hydrogen) atoms. The van der Waals surface area contributed by atoms with Gasteiger partial charge in [0.05, 0.1) is 12.2 Å².